The Balaban J connectivity index is 1.88. The van der Waals surface area contributed by atoms with Gasteiger partial charge in [0.15, 0.2) is 11.5 Å². The van der Waals surface area contributed by atoms with Gasteiger partial charge in [0.05, 0.1) is 11.5 Å². The molecule has 0 atom stereocenters. The summed E-state index contributed by atoms with van der Waals surface area (Å²) < 4.78 is 38.4. The van der Waals surface area contributed by atoms with Gasteiger partial charge in [-0.15, -0.1) is 0 Å². The monoisotopic (exact) mass is 511 g/mol. The molecule has 5 nitrogen and oxygen atoms in total. The van der Waals surface area contributed by atoms with Gasteiger partial charge in [-0.05, 0) is 67.4 Å². The van der Waals surface area contributed by atoms with Crippen molar-refractivity contribution in [2.24, 2.45) is 0 Å². The number of aryl methyl sites for hydroxylation is 1. The van der Waals surface area contributed by atoms with Crippen molar-refractivity contribution in [1.29, 1.82) is 5.26 Å². The maximum atomic E-state index is 12.9. The molecule has 0 amide bonds. The fourth-order valence-electron chi connectivity index (χ4n) is 2.91. The molecule has 0 aliphatic heterocycles. The normalized spacial score (nSPS) is 11.6. The van der Waals surface area contributed by atoms with Crippen LogP contribution in [0.5, 0.6) is 11.5 Å². The van der Waals surface area contributed by atoms with Gasteiger partial charge in [0, 0.05) is 4.47 Å². The number of sulfone groups is 1. The summed E-state index contributed by atoms with van der Waals surface area (Å²) in [5, 5.41) is 9.54. The van der Waals surface area contributed by atoms with Gasteiger partial charge in [0.25, 0.3) is 0 Å². The molecule has 0 N–H and O–H groups in total. The average Bonchev–Trinajstić information content (AvgIpc) is 2.78. The molecule has 0 saturated heterocycles. The minimum absolute atomic E-state index is 0.0791. The number of hydrogen-bond acceptors (Lipinski definition) is 5. The van der Waals surface area contributed by atoms with Crippen molar-refractivity contribution in [1.82, 2.24) is 0 Å². The van der Waals surface area contributed by atoms with Crippen LogP contribution >= 0.6 is 15.9 Å². The Morgan fingerprint density at radius 3 is 2.31 bits per heavy atom. The molecule has 3 rings (SSSR count). The molecule has 0 fully saturated rings. The molecule has 0 unspecified atom stereocenters. The van der Waals surface area contributed by atoms with E-state index in [0.29, 0.717) is 30.3 Å². The first kappa shape index (κ1) is 23.6. The van der Waals surface area contributed by atoms with E-state index in [9.17, 15) is 13.7 Å². The Morgan fingerprint density at radius 1 is 1.00 bits per heavy atom. The van der Waals surface area contributed by atoms with Crippen molar-refractivity contribution in [2.45, 2.75) is 25.3 Å². The first-order valence-corrected chi connectivity index (χ1v) is 12.2. The molecule has 0 saturated carbocycles. The Labute approximate surface area is 197 Å². The van der Waals surface area contributed by atoms with E-state index in [4.69, 9.17) is 9.47 Å². The highest BCUT2D eigenvalue weighted by Crippen LogP contribution is 2.31. The van der Waals surface area contributed by atoms with Crippen molar-refractivity contribution < 1.29 is 17.9 Å². The summed E-state index contributed by atoms with van der Waals surface area (Å²) >= 11 is 3.41. The van der Waals surface area contributed by atoms with Gasteiger partial charge >= 0.3 is 0 Å². The van der Waals surface area contributed by atoms with Crippen LogP contribution in [-0.4, -0.2) is 15.0 Å². The zero-order valence-corrected chi connectivity index (χ0v) is 20.1. The molecule has 32 heavy (non-hydrogen) atoms. The summed E-state index contributed by atoms with van der Waals surface area (Å²) in [4.78, 5) is -0.261. The van der Waals surface area contributed by atoms with Crippen LogP contribution in [0.4, 0.5) is 0 Å². The lowest BCUT2D eigenvalue weighted by Gasteiger charge is -2.13. The zero-order valence-electron chi connectivity index (χ0n) is 17.7. The predicted octanol–water partition coefficient (Wildman–Crippen LogP) is 6.07. The topological polar surface area (TPSA) is 76.4 Å². The van der Waals surface area contributed by atoms with Crippen molar-refractivity contribution >= 4 is 31.8 Å². The molecule has 0 radical (unpaired) electrons. The van der Waals surface area contributed by atoms with Crippen LogP contribution in [0.15, 0.2) is 81.0 Å². The third-order valence-corrected chi connectivity index (χ3v) is 6.81. The van der Waals surface area contributed by atoms with Gasteiger partial charge < -0.3 is 9.47 Å². The molecular weight excluding hydrogens is 490 g/mol. The van der Waals surface area contributed by atoms with Gasteiger partial charge in [0.1, 0.15) is 17.6 Å². The van der Waals surface area contributed by atoms with E-state index in [1.807, 2.05) is 44.2 Å². The number of benzene rings is 3. The van der Waals surface area contributed by atoms with Gasteiger partial charge in [0.2, 0.25) is 9.84 Å². The van der Waals surface area contributed by atoms with Crippen LogP contribution in [0.25, 0.3) is 6.08 Å². The van der Waals surface area contributed by atoms with Crippen LogP contribution in [0.1, 0.15) is 23.6 Å². The van der Waals surface area contributed by atoms with Crippen LogP contribution in [0, 0.1) is 18.3 Å². The van der Waals surface area contributed by atoms with E-state index in [0.717, 1.165) is 15.6 Å². The number of ether oxygens (including phenoxy) is 2. The van der Waals surface area contributed by atoms with Gasteiger partial charge in [-0.25, -0.2) is 8.42 Å². The highest BCUT2D eigenvalue weighted by atomic mass is 79.9. The Bertz CT molecular complexity index is 1260. The predicted molar refractivity (Wildman–Crippen MR) is 128 cm³/mol. The average molecular weight is 512 g/mol. The summed E-state index contributed by atoms with van der Waals surface area (Å²) in [7, 11) is -3.93. The number of nitrogens with zero attached hydrogens (tertiary/aromatic N) is 1. The molecule has 0 aliphatic carbocycles. The smallest absolute Gasteiger partial charge is 0.216 e. The number of nitriles is 1. The van der Waals surface area contributed by atoms with E-state index in [2.05, 4.69) is 15.9 Å². The van der Waals surface area contributed by atoms with Gasteiger partial charge in [-0.1, -0.05) is 51.8 Å². The number of rotatable bonds is 8. The van der Waals surface area contributed by atoms with Crippen molar-refractivity contribution in [2.75, 3.05) is 6.61 Å². The first-order valence-electron chi connectivity index (χ1n) is 9.91. The van der Waals surface area contributed by atoms with Gasteiger partial charge in [-0.3, -0.25) is 0 Å². The molecule has 0 aliphatic rings. The lowest BCUT2D eigenvalue weighted by Crippen LogP contribution is -2.04. The van der Waals surface area contributed by atoms with E-state index in [-0.39, 0.29) is 9.80 Å². The largest absolute Gasteiger partial charge is 0.490 e. The van der Waals surface area contributed by atoms with Crippen LogP contribution in [-0.2, 0) is 16.4 Å². The zero-order chi connectivity index (χ0) is 23.1. The molecule has 164 valence electrons. The summed E-state index contributed by atoms with van der Waals surface area (Å²) in [6.07, 6.45) is 1.34. The van der Waals surface area contributed by atoms with E-state index < -0.39 is 9.84 Å². The number of hydrogen-bond donors (Lipinski definition) is 0. The molecule has 7 heteroatoms. The molecule has 0 heterocycles. The minimum atomic E-state index is -3.93. The van der Waals surface area contributed by atoms with Crippen molar-refractivity contribution in [3.8, 4) is 17.6 Å². The maximum Gasteiger partial charge on any atom is 0.216 e. The van der Waals surface area contributed by atoms with Crippen molar-refractivity contribution in [3.63, 3.8) is 0 Å². The molecule has 3 aromatic carbocycles. The Morgan fingerprint density at radius 2 is 1.69 bits per heavy atom. The van der Waals surface area contributed by atoms with E-state index in [1.54, 1.807) is 30.3 Å². The summed E-state index contributed by atoms with van der Waals surface area (Å²) in [5.74, 6) is 1.01. The Kier molecular flexibility index (Phi) is 7.73. The summed E-state index contributed by atoms with van der Waals surface area (Å²) in [6.45, 7) is 4.49. The lowest BCUT2D eigenvalue weighted by molar-refractivity contribution is 0.269. The highest BCUT2D eigenvalue weighted by Gasteiger charge is 2.21. The second kappa shape index (κ2) is 10.5. The van der Waals surface area contributed by atoms with Crippen LogP contribution < -0.4 is 9.47 Å². The third-order valence-electron chi connectivity index (χ3n) is 4.60. The lowest BCUT2D eigenvalue weighted by atomic mass is 10.2. The van der Waals surface area contributed by atoms with Crippen molar-refractivity contribution in [3.05, 3.63) is 92.8 Å². The standard InChI is InChI=1S/C25H22BrNO4S/c1-3-30-25-15-20(8-13-24(25)31-17-19-6-9-21(26)10-7-19)14-23(16-27)32(28,29)22-11-4-18(2)5-12-22/h4-15H,3,17H2,1-2H3. The second-order valence-corrected chi connectivity index (χ2v) is 9.82. The van der Waals surface area contributed by atoms with Crippen LogP contribution in [0.2, 0.25) is 0 Å². The summed E-state index contributed by atoms with van der Waals surface area (Å²) in [5.41, 5.74) is 2.46. The summed E-state index contributed by atoms with van der Waals surface area (Å²) in [6, 6.07) is 21.1. The number of allylic oxidation sites excluding steroid dienone is 1. The molecule has 0 spiro atoms. The SMILES string of the molecule is CCOc1cc(C=C(C#N)S(=O)(=O)c2ccc(C)cc2)ccc1OCc1ccc(Br)cc1. The molecule has 3 aromatic rings. The Hall–Kier alpha value is -3.08. The molecule has 0 bridgehead atoms. The molecule has 0 aromatic heterocycles. The fraction of sp³-hybridized carbons (Fsp3) is 0.160. The maximum absolute atomic E-state index is 12.9. The second-order valence-electron chi connectivity index (χ2n) is 6.99. The first-order chi connectivity index (χ1) is 15.3. The van der Waals surface area contributed by atoms with E-state index in [1.165, 1.54) is 18.2 Å². The van der Waals surface area contributed by atoms with Crippen LogP contribution in [0.3, 0.4) is 0 Å². The van der Waals surface area contributed by atoms with E-state index >= 15 is 0 Å². The third kappa shape index (κ3) is 5.78. The molecular formula is C25H22BrNO4S. The quantitative estimate of drug-likeness (QED) is 0.342. The number of halogens is 1. The fourth-order valence-corrected chi connectivity index (χ4v) is 4.33. The van der Waals surface area contributed by atoms with Gasteiger partial charge in [-0.2, -0.15) is 5.26 Å². The minimum Gasteiger partial charge on any atom is -0.490 e. The highest BCUT2D eigenvalue weighted by molar-refractivity contribution is 9.10.